The average Bonchev–Trinajstić information content (AvgIpc) is 3.22. The molecule has 0 aliphatic rings. The Kier molecular flexibility index (Phi) is 44.7. The summed E-state index contributed by atoms with van der Waals surface area (Å²) in [7, 11) is 0. The molecule has 0 fully saturated rings. The lowest BCUT2D eigenvalue weighted by molar-refractivity contribution is -0.167. The van der Waals surface area contributed by atoms with Crippen LogP contribution in [0.2, 0.25) is 0 Å². The van der Waals surface area contributed by atoms with Crippen LogP contribution in [0.3, 0.4) is 0 Å². The number of esters is 3. The zero-order valence-electron chi connectivity index (χ0n) is 40.4. The van der Waals surface area contributed by atoms with Gasteiger partial charge in [0.25, 0.3) is 0 Å². The summed E-state index contributed by atoms with van der Waals surface area (Å²) in [5, 5.41) is 0. The first-order valence-corrected chi connectivity index (χ1v) is 26.3. The van der Waals surface area contributed by atoms with Gasteiger partial charge in [-0.15, -0.1) is 0 Å². The van der Waals surface area contributed by atoms with Crippen LogP contribution in [0, 0.1) is 11.8 Å². The zero-order valence-corrected chi connectivity index (χ0v) is 40.4. The summed E-state index contributed by atoms with van der Waals surface area (Å²) in [4.78, 5) is 37.9. The Morgan fingerprint density at radius 2 is 0.644 bits per heavy atom. The van der Waals surface area contributed by atoms with E-state index in [1.165, 1.54) is 180 Å². The predicted molar refractivity (Wildman–Crippen MR) is 252 cm³/mol. The van der Waals surface area contributed by atoms with Crippen molar-refractivity contribution >= 4 is 17.9 Å². The van der Waals surface area contributed by atoms with E-state index in [4.69, 9.17) is 14.2 Å². The first kappa shape index (κ1) is 57.4. The van der Waals surface area contributed by atoms with Crippen LogP contribution in [0.5, 0.6) is 0 Å². The molecule has 0 aromatic heterocycles. The Bertz CT molecular complexity index is 902. The van der Waals surface area contributed by atoms with Gasteiger partial charge in [-0.2, -0.15) is 0 Å². The van der Waals surface area contributed by atoms with Crippen molar-refractivity contribution in [2.75, 3.05) is 13.2 Å². The van der Waals surface area contributed by atoms with Crippen molar-refractivity contribution in [3.8, 4) is 0 Å². The predicted octanol–water partition coefficient (Wildman–Crippen LogP) is 16.9. The maximum absolute atomic E-state index is 12.8. The van der Waals surface area contributed by atoms with Crippen LogP contribution in [0.15, 0.2) is 0 Å². The van der Waals surface area contributed by atoms with Crippen LogP contribution in [0.1, 0.15) is 291 Å². The molecule has 1 unspecified atom stereocenters. The van der Waals surface area contributed by atoms with E-state index in [1.807, 2.05) is 0 Å². The lowest BCUT2D eigenvalue weighted by atomic mass is 9.99. The molecule has 350 valence electrons. The first-order valence-electron chi connectivity index (χ1n) is 26.3. The molecule has 0 aliphatic carbocycles. The maximum atomic E-state index is 12.8. The van der Waals surface area contributed by atoms with Crippen molar-refractivity contribution in [1.82, 2.24) is 0 Å². The van der Waals surface area contributed by atoms with Crippen LogP contribution in [0.4, 0.5) is 0 Å². The lowest BCUT2D eigenvalue weighted by Crippen LogP contribution is -2.30. The molecule has 0 aromatic carbocycles. The second-order valence-electron chi connectivity index (χ2n) is 18.9. The van der Waals surface area contributed by atoms with E-state index in [9.17, 15) is 14.4 Å². The lowest BCUT2D eigenvalue weighted by Gasteiger charge is -2.18. The SMILES string of the molecule is CCCCCCCCCCCCC(=O)OC[C@H](COC(=O)CCCCCCCCCCCCCCCCC(C)CC)OC(=O)CCCCCCCCCCCCC(C)C. The summed E-state index contributed by atoms with van der Waals surface area (Å²) >= 11 is 0. The fourth-order valence-corrected chi connectivity index (χ4v) is 7.96. The molecule has 0 N–H and O–H groups in total. The van der Waals surface area contributed by atoms with Crippen LogP contribution >= 0.6 is 0 Å². The topological polar surface area (TPSA) is 78.9 Å². The summed E-state index contributed by atoms with van der Waals surface area (Å²) in [6, 6.07) is 0. The van der Waals surface area contributed by atoms with Crippen LogP contribution in [0.25, 0.3) is 0 Å². The van der Waals surface area contributed by atoms with Gasteiger partial charge >= 0.3 is 17.9 Å². The highest BCUT2D eigenvalue weighted by atomic mass is 16.6. The van der Waals surface area contributed by atoms with Crippen molar-refractivity contribution in [3.05, 3.63) is 0 Å². The Morgan fingerprint density at radius 3 is 0.966 bits per heavy atom. The summed E-state index contributed by atoms with van der Waals surface area (Å²) in [5.74, 6) is 0.863. The van der Waals surface area contributed by atoms with Gasteiger partial charge in [-0.25, -0.2) is 0 Å². The molecule has 2 atom stereocenters. The van der Waals surface area contributed by atoms with Gasteiger partial charge in [0.15, 0.2) is 6.10 Å². The number of carbonyl (C=O) groups is 3. The molecule has 0 amide bonds. The minimum Gasteiger partial charge on any atom is -0.462 e. The van der Waals surface area contributed by atoms with Gasteiger partial charge in [0.05, 0.1) is 0 Å². The molecule has 0 saturated heterocycles. The van der Waals surface area contributed by atoms with Crippen LogP contribution in [-0.2, 0) is 28.6 Å². The minimum atomic E-state index is -0.761. The largest absolute Gasteiger partial charge is 0.462 e. The highest BCUT2D eigenvalue weighted by Gasteiger charge is 2.19. The van der Waals surface area contributed by atoms with E-state index in [0.717, 1.165) is 69.6 Å². The Labute approximate surface area is 368 Å². The molecule has 0 bridgehead atoms. The normalized spacial score (nSPS) is 12.5. The van der Waals surface area contributed by atoms with Gasteiger partial charge < -0.3 is 14.2 Å². The number of carbonyl (C=O) groups excluding carboxylic acids is 3. The van der Waals surface area contributed by atoms with E-state index in [2.05, 4.69) is 34.6 Å². The number of unbranched alkanes of at least 4 members (excludes halogenated alkanes) is 31. The molecule has 6 heteroatoms. The second-order valence-corrected chi connectivity index (χ2v) is 18.9. The molecular formula is C53H102O6. The van der Waals surface area contributed by atoms with Gasteiger partial charge in [-0.3, -0.25) is 14.4 Å². The molecule has 0 aromatic rings. The van der Waals surface area contributed by atoms with Crippen molar-refractivity contribution in [3.63, 3.8) is 0 Å². The van der Waals surface area contributed by atoms with Crippen molar-refractivity contribution < 1.29 is 28.6 Å². The fourth-order valence-electron chi connectivity index (χ4n) is 7.96. The molecule has 6 nitrogen and oxygen atoms in total. The number of hydrogen-bond donors (Lipinski definition) is 0. The number of rotatable bonds is 47. The first-order chi connectivity index (χ1) is 28.8. The van der Waals surface area contributed by atoms with Crippen LogP contribution in [-0.4, -0.2) is 37.2 Å². The van der Waals surface area contributed by atoms with Gasteiger partial charge in [-0.1, -0.05) is 253 Å². The molecule has 0 saturated carbocycles. The molecule has 0 spiro atoms. The minimum absolute atomic E-state index is 0.0637. The Morgan fingerprint density at radius 1 is 0.356 bits per heavy atom. The van der Waals surface area contributed by atoms with Gasteiger partial charge in [0.2, 0.25) is 0 Å². The summed E-state index contributed by atoms with van der Waals surface area (Å²) < 4.78 is 16.8. The molecule has 0 radical (unpaired) electrons. The average molecular weight is 835 g/mol. The van der Waals surface area contributed by atoms with Gasteiger partial charge in [0, 0.05) is 19.3 Å². The molecule has 0 heterocycles. The monoisotopic (exact) mass is 835 g/mol. The number of ether oxygens (including phenoxy) is 3. The van der Waals surface area contributed by atoms with Gasteiger partial charge in [0.1, 0.15) is 13.2 Å². The number of hydrogen-bond acceptors (Lipinski definition) is 6. The third-order valence-electron chi connectivity index (χ3n) is 12.3. The maximum Gasteiger partial charge on any atom is 0.306 e. The Hall–Kier alpha value is -1.59. The summed E-state index contributed by atoms with van der Waals surface area (Å²) in [5.41, 5.74) is 0. The fraction of sp³-hybridized carbons (Fsp3) is 0.943. The highest BCUT2D eigenvalue weighted by Crippen LogP contribution is 2.18. The van der Waals surface area contributed by atoms with Crippen molar-refractivity contribution in [2.45, 2.75) is 298 Å². The third kappa shape index (κ3) is 45.8. The molecule has 0 aliphatic heterocycles. The Balaban J connectivity index is 4.26. The van der Waals surface area contributed by atoms with E-state index < -0.39 is 6.10 Å². The smallest absolute Gasteiger partial charge is 0.306 e. The van der Waals surface area contributed by atoms with E-state index >= 15 is 0 Å². The second kappa shape index (κ2) is 45.9. The van der Waals surface area contributed by atoms with Crippen molar-refractivity contribution in [1.29, 1.82) is 0 Å². The molecule has 59 heavy (non-hydrogen) atoms. The van der Waals surface area contributed by atoms with E-state index in [-0.39, 0.29) is 31.1 Å². The zero-order chi connectivity index (χ0) is 43.3. The quantitative estimate of drug-likeness (QED) is 0.0345. The summed E-state index contributed by atoms with van der Waals surface area (Å²) in [6.07, 6.45) is 46.5. The van der Waals surface area contributed by atoms with Crippen molar-refractivity contribution in [2.24, 2.45) is 11.8 Å². The highest BCUT2D eigenvalue weighted by molar-refractivity contribution is 5.71. The van der Waals surface area contributed by atoms with E-state index in [1.54, 1.807) is 0 Å². The summed E-state index contributed by atoms with van der Waals surface area (Å²) in [6.45, 7) is 11.4. The third-order valence-corrected chi connectivity index (χ3v) is 12.3. The standard InChI is InChI=1S/C53H102O6/c1-6-8-9-10-11-12-23-28-33-38-43-51(54)57-46-50(59-53(56)45-40-35-30-25-20-19-21-26-31-36-41-48(3)4)47-58-52(55)44-39-34-29-24-18-16-14-13-15-17-22-27-32-37-42-49(5)7-2/h48-50H,6-47H2,1-5H3/t49?,50-/m1/s1. The molecule has 0 rings (SSSR count). The van der Waals surface area contributed by atoms with Crippen LogP contribution < -0.4 is 0 Å². The van der Waals surface area contributed by atoms with E-state index in [0.29, 0.717) is 19.3 Å². The van der Waals surface area contributed by atoms with Gasteiger partial charge in [-0.05, 0) is 31.1 Å². The molecular weight excluding hydrogens is 733 g/mol.